The summed E-state index contributed by atoms with van der Waals surface area (Å²) in [7, 11) is 0. The molecule has 0 unspecified atom stereocenters. The van der Waals surface area contributed by atoms with Crippen molar-refractivity contribution < 1.29 is 19.1 Å². The van der Waals surface area contributed by atoms with Crippen LogP contribution in [0.1, 0.15) is 94.1 Å². The van der Waals surface area contributed by atoms with Crippen molar-refractivity contribution in [3.8, 4) is 0 Å². The molecule has 1 aromatic carbocycles. The van der Waals surface area contributed by atoms with Crippen LogP contribution in [0.4, 0.5) is 0 Å². The van der Waals surface area contributed by atoms with E-state index >= 15 is 4.79 Å². The molecule has 4 heterocycles. The molecule has 3 amide bonds. The number of primary amides is 1. The lowest BCUT2D eigenvalue weighted by Crippen LogP contribution is -2.65. The number of benzene rings is 1. The highest BCUT2D eigenvalue weighted by molar-refractivity contribution is 7.09. The third-order valence-electron chi connectivity index (χ3n) is 12.3. The van der Waals surface area contributed by atoms with Crippen LogP contribution in [0.2, 0.25) is 0 Å². The van der Waals surface area contributed by atoms with E-state index in [1.165, 1.54) is 32.4 Å². The molecule has 4 atom stereocenters. The highest BCUT2D eigenvalue weighted by Crippen LogP contribution is 2.35. The molecular formula is C40H57N7O4S. The summed E-state index contributed by atoms with van der Waals surface area (Å²) in [6.45, 7) is 6.10. The van der Waals surface area contributed by atoms with Gasteiger partial charge in [-0.1, -0.05) is 42.8 Å². The average molecular weight is 732 g/mol. The number of rotatable bonds is 10. The Bertz CT molecular complexity index is 1520. The second kappa shape index (κ2) is 17.1. The van der Waals surface area contributed by atoms with Gasteiger partial charge >= 0.3 is 0 Å². The molecule has 3 aliphatic heterocycles. The first kappa shape index (κ1) is 36.9. The maximum Gasteiger partial charge on any atom is 0.288 e. The van der Waals surface area contributed by atoms with E-state index < -0.39 is 6.04 Å². The van der Waals surface area contributed by atoms with Crippen LogP contribution in [-0.2, 0) is 25.7 Å². The summed E-state index contributed by atoms with van der Waals surface area (Å²) >= 11 is 1.61. The fourth-order valence-electron chi connectivity index (χ4n) is 9.25. The largest absolute Gasteiger partial charge is 0.455 e. The number of likely N-dealkylation sites (tertiary alicyclic amines) is 1. The van der Waals surface area contributed by atoms with Gasteiger partial charge in [0, 0.05) is 36.0 Å². The number of piperazine rings is 1. The van der Waals surface area contributed by atoms with Crippen LogP contribution in [0.5, 0.6) is 0 Å². The van der Waals surface area contributed by atoms with Gasteiger partial charge in [0.2, 0.25) is 17.7 Å². The predicted molar refractivity (Wildman–Crippen MR) is 203 cm³/mol. The summed E-state index contributed by atoms with van der Waals surface area (Å²) in [6.07, 6.45) is 11.0. The van der Waals surface area contributed by atoms with Crippen LogP contribution in [0.3, 0.4) is 0 Å². The SMILES string of the molecule is C[C@@H]1N=C(N2CCN(C(=O)[C@H](NC3CCC(C(N)=O)CC3)[C@H]3CC[C@H](N4CCCCC4)CC3)[C@H](C(=O)NCc3cccs3)C2)O[C@H]1c1ccccc1. The number of nitrogens with two attached hydrogens (primary N) is 1. The fourth-order valence-corrected chi connectivity index (χ4v) is 9.89. The molecule has 0 radical (unpaired) electrons. The van der Waals surface area contributed by atoms with Gasteiger partial charge in [-0.2, -0.15) is 0 Å². The van der Waals surface area contributed by atoms with Gasteiger partial charge in [-0.3, -0.25) is 14.4 Å². The second-order valence-corrected chi connectivity index (χ2v) is 16.7. The van der Waals surface area contributed by atoms with Crippen molar-refractivity contribution in [2.45, 2.75) is 120 Å². The minimum atomic E-state index is -0.696. The first-order valence-corrected chi connectivity index (χ1v) is 20.7. The Kier molecular flexibility index (Phi) is 12.1. The van der Waals surface area contributed by atoms with Crippen LogP contribution in [0.25, 0.3) is 0 Å². The molecule has 11 nitrogen and oxygen atoms in total. The number of hydrogen-bond donors (Lipinski definition) is 3. The van der Waals surface area contributed by atoms with Gasteiger partial charge in [0.05, 0.1) is 25.2 Å². The maximum atomic E-state index is 15.0. The van der Waals surface area contributed by atoms with Crippen molar-refractivity contribution in [3.05, 3.63) is 58.3 Å². The minimum absolute atomic E-state index is 0.0131. The Morgan fingerprint density at radius 3 is 2.37 bits per heavy atom. The fraction of sp³-hybridized carbons (Fsp3) is 0.650. The monoisotopic (exact) mass is 731 g/mol. The topological polar surface area (TPSA) is 133 Å². The molecule has 4 fully saturated rings. The number of nitrogens with zero attached hydrogens (tertiary/aromatic N) is 4. The highest BCUT2D eigenvalue weighted by Gasteiger charge is 2.44. The average Bonchev–Trinajstić information content (AvgIpc) is 3.86. The number of ether oxygens (including phenoxy) is 1. The molecule has 2 aromatic rings. The summed E-state index contributed by atoms with van der Waals surface area (Å²) in [5.74, 6) is -0.282. The van der Waals surface area contributed by atoms with E-state index in [1.54, 1.807) is 11.3 Å². The number of thiophene rings is 1. The quantitative estimate of drug-likeness (QED) is 0.329. The molecule has 4 N–H and O–H groups in total. The zero-order valence-electron chi connectivity index (χ0n) is 30.7. The number of hydrogen-bond acceptors (Lipinski definition) is 9. The number of aliphatic imine (C=N–C) groups is 1. The van der Waals surface area contributed by atoms with Gasteiger partial charge in [0.25, 0.3) is 6.02 Å². The molecule has 7 rings (SSSR count). The lowest BCUT2D eigenvalue weighted by molar-refractivity contribution is -0.146. The summed E-state index contributed by atoms with van der Waals surface area (Å²) in [6, 6.07) is 14.2. The normalized spacial score (nSPS) is 30.6. The van der Waals surface area contributed by atoms with Crippen LogP contribution in [0.15, 0.2) is 52.8 Å². The zero-order chi connectivity index (χ0) is 36.0. The minimum Gasteiger partial charge on any atom is -0.455 e. The molecule has 52 heavy (non-hydrogen) atoms. The number of nitrogens with one attached hydrogen (secondary N) is 2. The van der Waals surface area contributed by atoms with E-state index in [9.17, 15) is 9.59 Å². The third-order valence-corrected chi connectivity index (χ3v) is 13.2. The molecular weight excluding hydrogens is 675 g/mol. The van der Waals surface area contributed by atoms with E-state index in [0.29, 0.717) is 38.2 Å². The first-order valence-electron chi connectivity index (χ1n) is 19.8. The Morgan fingerprint density at radius 1 is 0.923 bits per heavy atom. The number of carbonyl (C=O) groups is 3. The van der Waals surface area contributed by atoms with Crippen molar-refractivity contribution in [2.24, 2.45) is 22.6 Å². The molecule has 2 saturated carbocycles. The van der Waals surface area contributed by atoms with Gasteiger partial charge in [0.15, 0.2) is 0 Å². The van der Waals surface area contributed by atoms with Crippen molar-refractivity contribution in [3.63, 3.8) is 0 Å². The lowest BCUT2D eigenvalue weighted by atomic mass is 9.78. The second-order valence-electron chi connectivity index (χ2n) is 15.7. The molecule has 2 saturated heterocycles. The predicted octanol–water partition coefficient (Wildman–Crippen LogP) is 4.44. The Morgan fingerprint density at radius 2 is 1.67 bits per heavy atom. The smallest absolute Gasteiger partial charge is 0.288 e. The molecule has 12 heteroatoms. The Labute approximate surface area is 312 Å². The van der Waals surface area contributed by atoms with Crippen LogP contribution >= 0.6 is 11.3 Å². The summed E-state index contributed by atoms with van der Waals surface area (Å²) in [5.41, 5.74) is 6.74. The number of carbonyl (C=O) groups excluding carboxylic acids is 3. The molecule has 0 spiro atoms. The van der Waals surface area contributed by atoms with Crippen molar-refractivity contribution in [1.29, 1.82) is 0 Å². The standard InChI is InChI=1S/C40H57N7O4S/c1-27-36(29-9-4-2-5-10-29)51-40(43-27)46-22-23-47(34(26-46)38(49)42-25-33-11-8-24-52-33)39(50)35(44-31-16-12-30(13-17-31)37(41)48)28-14-18-32(19-15-28)45-20-6-3-7-21-45/h2,4-5,8-11,24,27-28,30-32,34-36,44H,3,6-7,12-23,25-26H2,1H3,(H2,41,48)(H,42,49)/t27-,28-,30?,31?,32-,34-,35+,36+/m0/s1. The third kappa shape index (κ3) is 8.66. The molecule has 2 aliphatic carbocycles. The van der Waals surface area contributed by atoms with E-state index in [1.807, 2.05) is 40.6 Å². The van der Waals surface area contributed by atoms with Gasteiger partial charge in [0.1, 0.15) is 12.1 Å². The van der Waals surface area contributed by atoms with Crippen molar-refractivity contribution in [1.82, 2.24) is 25.3 Å². The first-order chi connectivity index (χ1) is 25.3. The van der Waals surface area contributed by atoms with Crippen LogP contribution in [-0.4, -0.2) is 101 Å². The number of amides is 3. The Hall–Kier alpha value is -3.48. The molecule has 282 valence electrons. The van der Waals surface area contributed by atoms with E-state index in [2.05, 4.69) is 39.5 Å². The zero-order valence-corrected chi connectivity index (χ0v) is 31.5. The maximum absolute atomic E-state index is 15.0. The van der Waals surface area contributed by atoms with Gasteiger partial charge < -0.3 is 35.8 Å². The van der Waals surface area contributed by atoms with Gasteiger partial charge in [-0.15, -0.1) is 11.3 Å². The van der Waals surface area contributed by atoms with E-state index in [-0.39, 0.29) is 53.8 Å². The van der Waals surface area contributed by atoms with Gasteiger partial charge in [-0.05, 0) is 107 Å². The molecule has 5 aliphatic rings. The van der Waals surface area contributed by atoms with Gasteiger partial charge in [-0.25, -0.2) is 4.99 Å². The summed E-state index contributed by atoms with van der Waals surface area (Å²) < 4.78 is 6.46. The number of amidine groups is 1. The van der Waals surface area contributed by atoms with Crippen molar-refractivity contribution >= 4 is 35.1 Å². The number of piperidine rings is 1. The lowest BCUT2D eigenvalue weighted by Gasteiger charge is -2.45. The molecule has 1 aromatic heterocycles. The summed E-state index contributed by atoms with van der Waals surface area (Å²) in [5, 5.41) is 9.00. The van der Waals surface area contributed by atoms with Crippen LogP contribution in [0, 0.1) is 11.8 Å². The highest BCUT2D eigenvalue weighted by atomic mass is 32.1. The Balaban J connectivity index is 1.09. The molecule has 0 bridgehead atoms. The van der Waals surface area contributed by atoms with E-state index in [4.69, 9.17) is 15.5 Å². The van der Waals surface area contributed by atoms with E-state index in [0.717, 1.165) is 61.8 Å². The summed E-state index contributed by atoms with van der Waals surface area (Å²) in [4.78, 5) is 53.7. The van der Waals surface area contributed by atoms with Crippen LogP contribution < -0.4 is 16.4 Å². The van der Waals surface area contributed by atoms with Crippen molar-refractivity contribution in [2.75, 3.05) is 32.7 Å².